The Morgan fingerprint density at radius 1 is 1.47 bits per heavy atom. The minimum Gasteiger partial charge on any atom is -0.336 e. The molecule has 0 N–H and O–H groups in total. The predicted molar refractivity (Wildman–Crippen MR) is 64.0 cm³/mol. The number of rotatable bonds is 0. The zero-order chi connectivity index (χ0) is 13.6. The summed E-state index contributed by atoms with van der Waals surface area (Å²) in [7, 11) is 1.61. The van der Waals surface area contributed by atoms with Crippen molar-refractivity contribution in [2.75, 3.05) is 7.05 Å². The maximum Gasteiger partial charge on any atom is 0.256 e. The van der Waals surface area contributed by atoms with Gasteiger partial charge in [0, 0.05) is 7.05 Å². The first kappa shape index (κ1) is 11.4. The van der Waals surface area contributed by atoms with E-state index in [-0.39, 0.29) is 23.7 Å². The Bertz CT molecular complexity index is 729. The summed E-state index contributed by atoms with van der Waals surface area (Å²) in [6.07, 6.45) is 1.48. The van der Waals surface area contributed by atoms with E-state index in [9.17, 15) is 9.18 Å². The van der Waals surface area contributed by atoms with Gasteiger partial charge in [0.15, 0.2) is 5.69 Å². The highest BCUT2D eigenvalue weighted by molar-refractivity contribution is 5.98. The second-order valence-corrected chi connectivity index (χ2v) is 4.34. The normalized spacial score (nSPS) is 13.5. The summed E-state index contributed by atoms with van der Waals surface area (Å²) in [5.41, 5.74) is 1.71. The Morgan fingerprint density at radius 2 is 2.26 bits per heavy atom. The van der Waals surface area contributed by atoms with Crippen LogP contribution < -0.4 is 0 Å². The summed E-state index contributed by atoms with van der Waals surface area (Å²) in [4.78, 5) is 17.7. The predicted octanol–water partition coefficient (Wildman–Crippen LogP) is 1.47. The Balaban J connectivity index is 2.33. The van der Waals surface area contributed by atoms with E-state index >= 15 is 0 Å². The van der Waals surface area contributed by atoms with Crippen molar-refractivity contribution in [2.45, 2.75) is 6.54 Å². The van der Waals surface area contributed by atoms with Gasteiger partial charge in [0.25, 0.3) is 5.91 Å². The fourth-order valence-corrected chi connectivity index (χ4v) is 2.22. The molecule has 0 saturated heterocycles. The van der Waals surface area contributed by atoms with Crippen LogP contribution in [0, 0.1) is 17.1 Å². The third-order valence-electron chi connectivity index (χ3n) is 3.15. The molecule has 2 aromatic rings. The van der Waals surface area contributed by atoms with E-state index in [4.69, 9.17) is 5.26 Å². The number of fused-ring (bicyclic) bond motifs is 3. The number of hydrogen-bond acceptors (Lipinski definition) is 3. The number of hydrogen-bond donors (Lipinski definition) is 0. The number of carbonyl (C=O) groups excluding carboxylic acids is 1. The van der Waals surface area contributed by atoms with E-state index < -0.39 is 5.82 Å². The second-order valence-electron chi connectivity index (χ2n) is 4.34. The average Bonchev–Trinajstić information content (AvgIpc) is 2.76. The maximum absolute atomic E-state index is 13.3. The first-order chi connectivity index (χ1) is 9.11. The van der Waals surface area contributed by atoms with Crippen LogP contribution in [0.5, 0.6) is 0 Å². The summed E-state index contributed by atoms with van der Waals surface area (Å²) in [5.74, 6) is -0.744. The number of carbonyl (C=O) groups is 1. The van der Waals surface area contributed by atoms with Gasteiger partial charge in [-0.15, -0.1) is 0 Å². The highest BCUT2D eigenvalue weighted by Crippen LogP contribution is 2.25. The molecule has 1 aliphatic rings. The minimum absolute atomic E-state index is 0.262. The fourth-order valence-electron chi connectivity index (χ4n) is 2.22. The minimum atomic E-state index is -0.468. The molecular weight excluding hydrogens is 247 g/mol. The first-order valence-electron chi connectivity index (χ1n) is 5.63. The molecule has 0 spiro atoms. The van der Waals surface area contributed by atoms with Gasteiger partial charge >= 0.3 is 0 Å². The van der Waals surface area contributed by atoms with Gasteiger partial charge in [0.1, 0.15) is 18.2 Å². The van der Waals surface area contributed by atoms with E-state index in [1.807, 2.05) is 6.07 Å². The van der Waals surface area contributed by atoms with Crippen LogP contribution in [0.2, 0.25) is 0 Å². The third-order valence-corrected chi connectivity index (χ3v) is 3.15. The molecular formula is C13H9FN4O. The van der Waals surface area contributed by atoms with Crippen molar-refractivity contribution in [1.29, 1.82) is 5.26 Å². The van der Waals surface area contributed by atoms with Gasteiger partial charge in [-0.2, -0.15) is 5.26 Å². The summed E-state index contributed by atoms with van der Waals surface area (Å²) < 4.78 is 15.0. The van der Waals surface area contributed by atoms with Gasteiger partial charge < -0.3 is 4.90 Å². The van der Waals surface area contributed by atoms with E-state index in [0.717, 1.165) is 0 Å². The van der Waals surface area contributed by atoms with Gasteiger partial charge in [-0.1, -0.05) is 0 Å². The highest BCUT2D eigenvalue weighted by Gasteiger charge is 2.26. The quantitative estimate of drug-likeness (QED) is 0.717. The van der Waals surface area contributed by atoms with Crippen molar-refractivity contribution in [3.8, 4) is 11.8 Å². The SMILES string of the molecule is CN1Cc2c(C#N)ncn2-c2ccc(F)cc2C1=O. The van der Waals surface area contributed by atoms with Gasteiger partial charge in [-0.3, -0.25) is 9.36 Å². The van der Waals surface area contributed by atoms with Crippen molar-refractivity contribution in [3.05, 3.63) is 47.3 Å². The van der Waals surface area contributed by atoms with E-state index in [1.165, 1.54) is 29.4 Å². The molecule has 1 amide bonds. The monoisotopic (exact) mass is 256 g/mol. The largest absolute Gasteiger partial charge is 0.336 e. The van der Waals surface area contributed by atoms with Gasteiger partial charge in [-0.05, 0) is 18.2 Å². The van der Waals surface area contributed by atoms with Crippen LogP contribution in [0.25, 0.3) is 5.69 Å². The summed E-state index contributed by atoms with van der Waals surface area (Å²) in [6.45, 7) is 0.262. The number of halogens is 1. The molecule has 0 unspecified atom stereocenters. The van der Waals surface area contributed by atoms with Crippen LogP contribution in [0.1, 0.15) is 21.7 Å². The molecule has 5 nitrogen and oxygen atoms in total. The summed E-state index contributed by atoms with van der Waals surface area (Å²) in [6, 6.07) is 6.01. The zero-order valence-electron chi connectivity index (χ0n) is 10.1. The van der Waals surface area contributed by atoms with Crippen LogP contribution in [0.4, 0.5) is 4.39 Å². The van der Waals surface area contributed by atoms with Crippen molar-refractivity contribution >= 4 is 5.91 Å². The standard InChI is InChI=1S/C13H9FN4O/c1-17-6-12-10(5-15)16-7-18(12)11-3-2-8(14)4-9(11)13(17)19/h2-4,7H,6H2,1H3. The summed E-state index contributed by atoms with van der Waals surface area (Å²) in [5, 5.41) is 9.03. The van der Waals surface area contributed by atoms with Crippen molar-refractivity contribution in [1.82, 2.24) is 14.5 Å². The molecule has 1 aliphatic heterocycles. The molecule has 94 valence electrons. The lowest BCUT2D eigenvalue weighted by Crippen LogP contribution is -2.25. The highest BCUT2D eigenvalue weighted by atomic mass is 19.1. The maximum atomic E-state index is 13.3. The topological polar surface area (TPSA) is 61.9 Å². The molecule has 2 heterocycles. The molecule has 6 heteroatoms. The lowest BCUT2D eigenvalue weighted by molar-refractivity contribution is 0.0787. The van der Waals surface area contributed by atoms with Gasteiger partial charge in [-0.25, -0.2) is 9.37 Å². The average molecular weight is 256 g/mol. The molecule has 0 bridgehead atoms. The number of benzene rings is 1. The lowest BCUT2D eigenvalue weighted by atomic mass is 10.1. The number of amides is 1. The Morgan fingerprint density at radius 3 is 3.00 bits per heavy atom. The first-order valence-corrected chi connectivity index (χ1v) is 5.63. The van der Waals surface area contributed by atoms with Crippen LogP contribution in [0.15, 0.2) is 24.5 Å². The van der Waals surface area contributed by atoms with E-state index in [0.29, 0.717) is 11.4 Å². The van der Waals surface area contributed by atoms with Crippen LogP contribution in [-0.2, 0) is 6.54 Å². The Kier molecular flexibility index (Phi) is 2.35. The smallest absolute Gasteiger partial charge is 0.256 e. The van der Waals surface area contributed by atoms with Gasteiger partial charge in [0.2, 0.25) is 0 Å². The number of imidazole rings is 1. The molecule has 0 fully saturated rings. The van der Waals surface area contributed by atoms with E-state index in [1.54, 1.807) is 11.6 Å². The fraction of sp³-hybridized carbons (Fsp3) is 0.154. The summed E-state index contributed by atoms with van der Waals surface area (Å²) >= 11 is 0. The number of aromatic nitrogens is 2. The Hall–Kier alpha value is -2.68. The van der Waals surface area contributed by atoms with Crippen molar-refractivity contribution in [3.63, 3.8) is 0 Å². The molecule has 0 atom stereocenters. The molecule has 3 rings (SSSR count). The molecule has 0 aliphatic carbocycles. The molecule has 19 heavy (non-hydrogen) atoms. The van der Waals surface area contributed by atoms with Crippen LogP contribution >= 0.6 is 0 Å². The van der Waals surface area contributed by atoms with Crippen LogP contribution in [-0.4, -0.2) is 27.4 Å². The zero-order valence-corrected chi connectivity index (χ0v) is 10.1. The molecule has 1 aromatic heterocycles. The molecule has 1 aromatic carbocycles. The number of nitriles is 1. The van der Waals surface area contributed by atoms with Crippen molar-refractivity contribution < 1.29 is 9.18 Å². The van der Waals surface area contributed by atoms with Gasteiger partial charge in [0.05, 0.1) is 23.5 Å². The Labute approximate surface area is 108 Å². The molecule has 0 radical (unpaired) electrons. The van der Waals surface area contributed by atoms with E-state index in [2.05, 4.69) is 4.98 Å². The van der Waals surface area contributed by atoms with Crippen LogP contribution in [0.3, 0.4) is 0 Å². The van der Waals surface area contributed by atoms with Crippen molar-refractivity contribution in [2.24, 2.45) is 0 Å². The third kappa shape index (κ3) is 1.59. The molecule has 0 saturated carbocycles. The second kappa shape index (κ2) is 3.92. The number of nitrogens with zero attached hydrogens (tertiary/aromatic N) is 4. The lowest BCUT2D eigenvalue weighted by Gasteiger charge is -2.13.